The summed E-state index contributed by atoms with van der Waals surface area (Å²) in [5.74, 6) is -0.664. The average molecular weight is 404 g/mol. The monoisotopic (exact) mass is 403 g/mol. The zero-order chi connectivity index (χ0) is 16.2. The number of rotatable bonds is 6. The Kier molecular flexibility index (Phi) is 9.86. The van der Waals surface area contributed by atoms with Gasteiger partial charge in [-0.1, -0.05) is 0 Å². The SMILES string of the molecule is COC(=O)c1cc(S(=O)(=O)NCCN2CCNCC2)c(C)o1.Cl.Cl. The molecule has 1 aliphatic rings. The number of ether oxygens (including phenoxy) is 1. The molecule has 1 saturated heterocycles. The normalized spacial score (nSPS) is 15.2. The molecular formula is C13H23Cl2N3O5S. The van der Waals surface area contributed by atoms with Crippen molar-refractivity contribution in [3.63, 3.8) is 0 Å². The predicted molar refractivity (Wildman–Crippen MR) is 93.8 cm³/mol. The molecule has 8 nitrogen and oxygen atoms in total. The van der Waals surface area contributed by atoms with Crippen LogP contribution in [0.15, 0.2) is 15.4 Å². The van der Waals surface area contributed by atoms with Crippen molar-refractivity contribution in [3.05, 3.63) is 17.6 Å². The highest BCUT2D eigenvalue weighted by Gasteiger charge is 2.24. The number of carbonyl (C=O) groups is 1. The maximum absolute atomic E-state index is 12.3. The van der Waals surface area contributed by atoms with Crippen LogP contribution in [-0.4, -0.2) is 65.7 Å². The Morgan fingerprint density at radius 1 is 1.38 bits per heavy atom. The van der Waals surface area contributed by atoms with Crippen molar-refractivity contribution in [1.82, 2.24) is 14.9 Å². The van der Waals surface area contributed by atoms with Crippen LogP contribution in [0.5, 0.6) is 0 Å². The Labute approximate surface area is 154 Å². The lowest BCUT2D eigenvalue weighted by molar-refractivity contribution is 0.0563. The molecule has 0 atom stereocenters. The lowest BCUT2D eigenvalue weighted by Crippen LogP contribution is -2.46. The van der Waals surface area contributed by atoms with E-state index in [1.54, 1.807) is 0 Å². The van der Waals surface area contributed by atoms with Crippen molar-refractivity contribution in [1.29, 1.82) is 0 Å². The number of piperazine rings is 1. The molecule has 1 aromatic heterocycles. The maximum atomic E-state index is 12.3. The van der Waals surface area contributed by atoms with E-state index in [1.165, 1.54) is 20.1 Å². The molecular weight excluding hydrogens is 381 g/mol. The average Bonchev–Trinajstić information content (AvgIpc) is 2.90. The van der Waals surface area contributed by atoms with Gasteiger partial charge < -0.3 is 14.5 Å². The minimum atomic E-state index is -3.71. The number of aryl methyl sites for hydroxylation is 1. The van der Waals surface area contributed by atoms with Crippen LogP contribution in [0.4, 0.5) is 0 Å². The number of esters is 1. The molecule has 2 heterocycles. The van der Waals surface area contributed by atoms with Crippen LogP contribution < -0.4 is 10.0 Å². The first kappa shape index (κ1) is 23.2. The summed E-state index contributed by atoms with van der Waals surface area (Å²) in [4.78, 5) is 13.5. The van der Waals surface area contributed by atoms with Gasteiger partial charge in [-0.2, -0.15) is 0 Å². The number of furan rings is 1. The highest BCUT2D eigenvalue weighted by atomic mass is 35.5. The van der Waals surface area contributed by atoms with Crippen LogP contribution in [0, 0.1) is 6.92 Å². The second kappa shape index (κ2) is 10.2. The molecule has 11 heteroatoms. The van der Waals surface area contributed by atoms with Crippen LogP contribution in [-0.2, 0) is 14.8 Å². The Bertz CT molecular complexity index is 630. The van der Waals surface area contributed by atoms with E-state index in [-0.39, 0.29) is 41.2 Å². The van der Waals surface area contributed by atoms with Gasteiger partial charge in [0.05, 0.1) is 7.11 Å². The fourth-order valence-electron chi connectivity index (χ4n) is 2.28. The summed E-state index contributed by atoms with van der Waals surface area (Å²) in [6.45, 7) is 6.07. The Hall–Kier alpha value is -0.840. The molecule has 0 saturated carbocycles. The van der Waals surface area contributed by atoms with Gasteiger partial charge in [-0.15, -0.1) is 24.8 Å². The number of carbonyl (C=O) groups excluding carboxylic acids is 1. The molecule has 0 aliphatic carbocycles. The van der Waals surface area contributed by atoms with Crippen LogP contribution in [0.3, 0.4) is 0 Å². The molecule has 1 fully saturated rings. The van der Waals surface area contributed by atoms with E-state index in [0.717, 1.165) is 26.2 Å². The molecule has 0 unspecified atom stereocenters. The van der Waals surface area contributed by atoms with Crippen molar-refractivity contribution >= 4 is 40.8 Å². The first-order valence-corrected chi connectivity index (χ1v) is 8.54. The Balaban J connectivity index is 0.00000264. The maximum Gasteiger partial charge on any atom is 0.373 e. The van der Waals surface area contributed by atoms with E-state index in [0.29, 0.717) is 13.1 Å². The van der Waals surface area contributed by atoms with Gasteiger partial charge in [0, 0.05) is 45.3 Å². The zero-order valence-corrected chi connectivity index (χ0v) is 16.0. The highest BCUT2D eigenvalue weighted by molar-refractivity contribution is 7.89. The van der Waals surface area contributed by atoms with E-state index in [1.807, 2.05) is 0 Å². The first-order chi connectivity index (χ1) is 10.4. The number of nitrogens with one attached hydrogen (secondary N) is 2. The molecule has 1 aliphatic heterocycles. The number of sulfonamides is 1. The second-order valence-electron chi connectivity index (χ2n) is 5.01. The molecule has 2 rings (SSSR count). The van der Waals surface area contributed by atoms with Gasteiger partial charge in [0.25, 0.3) is 0 Å². The van der Waals surface area contributed by atoms with E-state index in [2.05, 4.69) is 19.7 Å². The van der Waals surface area contributed by atoms with Crippen molar-refractivity contribution < 1.29 is 22.4 Å². The van der Waals surface area contributed by atoms with Gasteiger partial charge in [-0.3, -0.25) is 4.90 Å². The van der Waals surface area contributed by atoms with Gasteiger partial charge in [0.15, 0.2) is 0 Å². The summed E-state index contributed by atoms with van der Waals surface area (Å²) in [6.07, 6.45) is 0. The van der Waals surface area contributed by atoms with Crippen LogP contribution in [0.1, 0.15) is 16.3 Å². The van der Waals surface area contributed by atoms with Gasteiger partial charge in [0.2, 0.25) is 15.8 Å². The third-order valence-corrected chi connectivity index (χ3v) is 5.05. The van der Waals surface area contributed by atoms with E-state index < -0.39 is 16.0 Å². The van der Waals surface area contributed by atoms with E-state index >= 15 is 0 Å². The summed E-state index contributed by atoms with van der Waals surface area (Å²) in [6, 6.07) is 1.19. The smallest absolute Gasteiger partial charge is 0.373 e. The topological polar surface area (TPSA) is 101 Å². The fraction of sp³-hybridized carbons (Fsp3) is 0.615. The number of hydrogen-bond acceptors (Lipinski definition) is 7. The molecule has 0 amide bonds. The fourth-order valence-corrected chi connectivity index (χ4v) is 3.48. The van der Waals surface area contributed by atoms with Crippen LogP contribution in [0.2, 0.25) is 0 Å². The van der Waals surface area contributed by atoms with Gasteiger partial charge in [-0.05, 0) is 6.92 Å². The summed E-state index contributed by atoms with van der Waals surface area (Å²) in [5.41, 5.74) is 0. The van der Waals surface area contributed by atoms with Crippen LogP contribution in [0.25, 0.3) is 0 Å². The van der Waals surface area contributed by atoms with Crippen molar-refractivity contribution in [2.24, 2.45) is 0 Å². The number of methoxy groups -OCH3 is 1. The lowest BCUT2D eigenvalue weighted by atomic mass is 10.3. The molecule has 0 aromatic carbocycles. The van der Waals surface area contributed by atoms with Gasteiger partial charge >= 0.3 is 5.97 Å². The summed E-state index contributed by atoms with van der Waals surface area (Å²) in [7, 11) is -2.50. The van der Waals surface area contributed by atoms with Crippen molar-refractivity contribution in [2.45, 2.75) is 11.8 Å². The van der Waals surface area contributed by atoms with Crippen molar-refractivity contribution in [2.75, 3.05) is 46.4 Å². The Morgan fingerprint density at radius 2 is 2.00 bits per heavy atom. The molecule has 24 heavy (non-hydrogen) atoms. The quantitative estimate of drug-likeness (QED) is 0.662. The summed E-state index contributed by atoms with van der Waals surface area (Å²) >= 11 is 0. The molecule has 1 aromatic rings. The molecule has 0 bridgehead atoms. The molecule has 140 valence electrons. The molecule has 0 radical (unpaired) electrons. The third kappa shape index (κ3) is 5.91. The van der Waals surface area contributed by atoms with Gasteiger partial charge in [0.1, 0.15) is 10.7 Å². The minimum absolute atomic E-state index is 0. The number of halogens is 2. The van der Waals surface area contributed by atoms with E-state index in [9.17, 15) is 13.2 Å². The largest absolute Gasteiger partial charge is 0.463 e. The third-order valence-electron chi connectivity index (χ3n) is 3.48. The lowest BCUT2D eigenvalue weighted by Gasteiger charge is -2.26. The van der Waals surface area contributed by atoms with Gasteiger partial charge in [-0.25, -0.2) is 17.9 Å². The number of nitrogens with zero attached hydrogens (tertiary/aromatic N) is 1. The van der Waals surface area contributed by atoms with Crippen LogP contribution >= 0.6 is 24.8 Å². The summed E-state index contributed by atoms with van der Waals surface area (Å²) in [5, 5.41) is 3.24. The molecule has 0 spiro atoms. The second-order valence-corrected chi connectivity index (χ2v) is 6.75. The zero-order valence-electron chi connectivity index (χ0n) is 13.5. The van der Waals surface area contributed by atoms with E-state index in [4.69, 9.17) is 4.42 Å². The predicted octanol–water partition coefficient (Wildman–Crippen LogP) is 0.402. The molecule has 2 N–H and O–H groups in total. The highest BCUT2D eigenvalue weighted by Crippen LogP contribution is 2.20. The summed E-state index contributed by atoms with van der Waals surface area (Å²) < 4.78 is 36.7. The Morgan fingerprint density at radius 3 is 2.58 bits per heavy atom. The van der Waals surface area contributed by atoms with Crippen molar-refractivity contribution in [3.8, 4) is 0 Å². The first-order valence-electron chi connectivity index (χ1n) is 7.05. The standard InChI is InChI=1S/C13H21N3O5S.2ClH/c1-10-12(9-11(21-10)13(17)20-2)22(18,19)15-5-8-16-6-3-14-4-7-16;;/h9,14-15H,3-8H2,1-2H3;2*1H. The number of hydrogen-bond donors (Lipinski definition) is 2. The minimum Gasteiger partial charge on any atom is -0.463 e.